The number of likely N-dealkylation sites (tertiary alicyclic amines) is 1. The van der Waals surface area contributed by atoms with Crippen LogP contribution in [0.1, 0.15) is 76.7 Å². The Kier molecular flexibility index (Phi) is 9.91. The number of aromatic nitrogens is 3. The zero-order chi connectivity index (χ0) is 39.5. The summed E-state index contributed by atoms with van der Waals surface area (Å²) in [5.74, 6) is 0.984. The van der Waals surface area contributed by atoms with E-state index in [1.54, 1.807) is 6.92 Å². The third kappa shape index (κ3) is 6.82. The molecule has 2 N–H and O–H groups in total. The molecule has 0 amide bonds. The van der Waals surface area contributed by atoms with E-state index in [1.165, 1.54) is 50.6 Å². The first-order chi connectivity index (χ1) is 27.5. The van der Waals surface area contributed by atoms with Gasteiger partial charge in [0.15, 0.2) is 5.82 Å². The van der Waals surface area contributed by atoms with Gasteiger partial charge in [-0.3, -0.25) is 4.90 Å². The molecule has 2 aliphatic carbocycles. The van der Waals surface area contributed by atoms with Gasteiger partial charge in [-0.2, -0.15) is 9.97 Å². The number of hydrogen-bond donors (Lipinski definition) is 2. The summed E-state index contributed by atoms with van der Waals surface area (Å²) in [6.45, 7) is 5.74. The molecule has 13 heteroatoms. The molecule has 2 aromatic heterocycles. The third-order valence-electron chi connectivity index (χ3n) is 13.6. The fourth-order valence-corrected chi connectivity index (χ4v) is 11.0. The van der Waals surface area contributed by atoms with E-state index < -0.39 is 17.2 Å². The van der Waals surface area contributed by atoms with E-state index in [0.717, 1.165) is 64.7 Å². The number of hydrogen-bond acceptors (Lipinski definition) is 11. The van der Waals surface area contributed by atoms with Gasteiger partial charge in [-0.15, -0.1) is 6.42 Å². The van der Waals surface area contributed by atoms with Crippen molar-refractivity contribution >= 4 is 27.5 Å². The Labute approximate surface area is 331 Å². The number of phenolic OH excluding ortho intramolecular Hbond substituents is 1. The van der Waals surface area contributed by atoms with Crippen LogP contribution in [0, 0.1) is 34.8 Å². The Hall–Kier alpha value is -4.35. The topological polar surface area (TPSA) is 123 Å². The van der Waals surface area contributed by atoms with Gasteiger partial charge in [0.1, 0.15) is 39.6 Å². The van der Waals surface area contributed by atoms with Crippen molar-refractivity contribution in [2.75, 3.05) is 64.7 Å². The monoisotopic (exact) mass is 783 g/mol. The fraction of sp³-hybridized carbons (Fsp3) is 0.568. The molecule has 5 heterocycles. The van der Waals surface area contributed by atoms with Gasteiger partial charge in [0.05, 0.1) is 39.0 Å². The Morgan fingerprint density at radius 3 is 2.61 bits per heavy atom. The van der Waals surface area contributed by atoms with Gasteiger partial charge < -0.3 is 34.1 Å². The van der Waals surface area contributed by atoms with Gasteiger partial charge in [-0.05, 0) is 100 Å². The summed E-state index contributed by atoms with van der Waals surface area (Å²) in [6.07, 6.45) is 17.2. The highest BCUT2D eigenvalue weighted by molar-refractivity contribution is 6.04. The van der Waals surface area contributed by atoms with E-state index in [0.29, 0.717) is 42.6 Å². The zero-order valence-corrected chi connectivity index (χ0v) is 32.8. The number of phenols is 1. The number of halogens is 2. The van der Waals surface area contributed by atoms with Gasteiger partial charge in [-0.1, -0.05) is 18.4 Å². The van der Waals surface area contributed by atoms with Crippen molar-refractivity contribution in [3.63, 3.8) is 0 Å². The normalized spacial score (nSPS) is 27.8. The quantitative estimate of drug-likeness (QED) is 0.193. The first-order valence-corrected chi connectivity index (χ1v) is 20.4. The lowest BCUT2D eigenvalue weighted by Gasteiger charge is -2.49. The summed E-state index contributed by atoms with van der Waals surface area (Å²) >= 11 is 0. The van der Waals surface area contributed by atoms with Crippen LogP contribution >= 0.6 is 0 Å². The maximum absolute atomic E-state index is 17.4. The van der Waals surface area contributed by atoms with E-state index in [1.807, 2.05) is 4.90 Å². The van der Waals surface area contributed by atoms with Gasteiger partial charge in [-0.25, -0.2) is 13.8 Å². The summed E-state index contributed by atoms with van der Waals surface area (Å²) in [4.78, 5) is 18.9. The van der Waals surface area contributed by atoms with Crippen molar-refractivity contribution in [3.05, 3.63) is 41.5 Å². The number of benzene rings is 2. The van der Waals surface area contributed by atoms with Gasteiger partial charge >= 0.3 is 6.01 Å². The number of piperidine rings is 1. The second-order valence-electron chi connectivity index (χ2n) is 17.4. The van der Waals surface area contributed by atoms with Gasteiger partial charge in [0.25, 0.3) is 0 Å². The van der Waals surface area contributed by atoms with Crippen LogP contribution in [-0.4, -0.2) is 108 Å². The smallest absolute Gasteiger partial charge is 0.319 e. The van der Waals surface area contributed by atoms with E-state index in [4.69, 9.17) is 35.3 Å². The van der Waals surface area contributed by atoms with Crippen LogP contribution in [0.4, 0.5) is 14.6 Å². The maximum atomic E-state index is 17.4. The third-order valence-corrected chi connectivity index (χ3v) is 13.6. The number of methoxy groups -OCH3 is 1. The zero-order valence-electron chi connectivity index (χ0n) is 32.8. The number of pyridine rings is 1. The molecule has 0 radical (unpaired) electrons. The van der Waals surface area contributed by atoms with Crippen molar-refractivity contribution in [1.29, 1.82) is 0 Å². The summed E-state index contributed by atoms with van der Waals surface area (Å²) in [5.41, 5.74) is -1.32. The number of aliphatic hydroxyl groups is 1. The largest absolute Gasteiger partial charge is 0.508 e. The molecule has 5 aliphatic rings. The highest BCUT2D eigenvalue weighted by atomic mass is 19.1. The van der Waals surface area contributed by atoms with Crippen molar-refractivity contribution in [2.45, 2.75) is 88.8 Å². The number of aromatic hydroxyl groups is 1. The van der Waals surface area contributed by atoms with E-state index in [9.17, 15) is 10.2 Å². The van der Waals surface area contributed by atoms with Crippen LogP contribution < -0.4 is 14.4 Å². The number of fused-ring (bicyclic) bond motifs is 3. The minimum Gasteiger partial charge on any atom is -0.508 e. The Balaban J connectivity index is 1.13. The van der Waals surface area contributed by atoms with Crippen LogP contribution in [0.5, 0.6) is 17.6 Å². The number of β-amino-alcohol motifs (C(OH)–C–C–N with tert-alkyl or cyclic N) is 1. The van der Waals surface area contributed by atoms with E-state index in [2.05, 4.69) is 15.8 Å². The van der Waals surface area contributed by atoms with Crippen molar-refractivity contribution < 1.29 is 37.9 Å². The molecule has 5 fully saturated rings. The molecular formula is C44H51F2N5O6. The highest BCUT2D eigenvalue weighted by Crippen LogP contribution is 2.53. The summed E-state index contributed by atoms with van der Waals surface area (Å²) < 4.78 is 56.5. The summed E-state index contributed by atoms with van der Waals surface area (Å²) in [5, 5.41) is 22.8. The first kappa shape index (κ1) is 38.2. The first-order valence-electron chi connectivity index (χ1n) is 20.4. The van der Waals surface area contributed by atoms with Crippen LogP contribution in [0.2, 0.25) is 0 Å². The molecule has 11 nitrogen and oxygen atoms in total. The van der Waals surface area contributed by atoms with Crippen molar-refractivity contribution in [3.8, 4) is 41.2 Å². The Bertz CT molecular complexity index is 2240. The molecule has 3 aliphatic heterocycles. The molecular weight excluding hydrogens is 733 g/mol. The molecule has 1 spiro atoms. The summed E-state index contributed by atoms with van der Waals surface area (Å²) in [7, 11) is 1.41. The molecule has 4 aromatic rings. The average molecular weight is 784 g/mol. The number of nitrogens with zero attached hydrogens (tertiary/aromatic N) is 5. The molecule has 302 valence electrons. The Morgan fingerprint density at radius 2 is 1.81 bits per heavy atom. The standard InChI is InChI=1S/C44H51F2N5O6/c1-4-30-32(45)9-8-27-21-29(52)22-31(34(27)30)37-36(46)38-35(40(47-37)54-3)39(50-17-20-56-25-42(2,53)24-50)49-41(48-38)57-26-44-11-5-7-33(44)51(16-6-12-44)28-10-13-43(23-28)14-18-55-19-15-43/h1,8-9,21-22,28,33,52-53H,5-7,10-20,23-26H2,2-3H3. The lowest BCUT2D eigenvalue weighted by molar-refractivity contribution is -0.0296. The lowest BCUT2D eigenvalue weighted by atomic mass is 9.74. The van der Waals surface area contributed by atoms with E-state index in [-0.39, 0.29) is 75.1 Å². The maximum Gasteiger partial charge on any atom is 0.319 e. The van der Waals surface area contributed by atoms with Crippen LogP contribution in [0.25, 0.3) is 32.9 Å². The molecule has 2 aromatic carbocycles. The summed E-state index contributed by atoms with van der Waals surface area (Å²) in [6, 6.07) is 6.36. The predicted octanol–water partition coefficient (Wildman–Crippen LogP) is 6.77. The molecule has 9 rings (SSSR count). The second kappa shape index (κ2) is 14.8. The second-order valence-corrected chi connectivity index (χ2v) is 17.4. The van der Waals surface area contributed by atoms with E-state index >= 15 is 8.78 Å². The van der Waals surface area contributed by atoms with Crippen LogP contribution in [0.15, 0.2) is 24.3 Å². The number of ether oxygens (including phenoxy) is 4. The van der Waals surface area contributed by atoms with Gasteiger partial charge in [0.2, 0.25) is 5.88 Å². The molecule has 2 saturated carbocycles. The molecule has 3 saturated heterocycles. The van der Waals surface area contributed by atoms with Crippen molar-refractivity contribution in [2.24, 2.45) is 10.8 Å². The SMILES string of the molecule is C#Cc1c(F)ccc2cc(O)cc(-c3nc(OC)c4c(N5CCOCC(C)(O)C5)nc(OCC56CCCC5N(C5CCC7(CCOCC7)C5)CCC6)nc4c3F)c12. The minimum absolute atomic E-state index is 0.000789. The minimum atomic E-state index is -1.24. The lowest BCUT2D eigenvalue weighted by Crippen LogP contribution is -2.55. The number of rotatable bonds is 7. The fourth-order valence-electron chi connectivity index (χ4n) is 11.0. The highest BCUT2D eigenvalue weighted by Gasteiger charge is 2.52. The molecule has 4 atom stereocenters. The van der Waals surface area contributed by atoms with Crippen LogP contribution in [-0.2, 0) is 9.47 Å². The molecule has 0 bridgehead atoms. The average Bonchev–Trinajstić information content (AvgIpc) is 3.77. The predicted molar refractivity (Wildman–Crippen MR) is 212 cm³/mol. The Morgan fingerprint density at radius 1 is 0.982 bits per heavy atom. The van der Waals surface area contributed by atoms with Crippen LogP contribution in [0.3, 0.4) is 0 Å². The molecule has 4 unspecified atom stereocenters. The van der Waals surface area contributed by atoms with Gasteiger partial charge in [0, 0.05) is 48.2 Å². The number of terminal acetylenes is 1. The molecule has 57 heavy (non-hydrogen) atoms. The number of anilines is 1. The van der Waals surface area contributed by atoms with Crippen molar-refractivity contribution in [1.82, 2.24) is 19.9 Å².